The minimum atomic E-state index is -0.792. The van der Waals surface area contributed by atoms with E-state index in [0.717, 1.165) is 31.1 Å². The Morgan fingerprint density at radius 2 is 2.00 bits per heavy atom. The number of nitrogens with zero attached hydrogens (tertiary/aromatic N) is 3. The van der Waals surface area contributed by atoms with Crippen LogP contribution in [0.15, 0.2) is 28.8 Å². The fourth-order valence-corrected chi connectivity index (χ4v) is 4.05. The average molecular weight is 432 g/mol. The van der Waals surface area contributed by atoms with Gasteiger partial charge in [-0.3, -0.25) is 9.59 Å². The number of carbonyl (C=O) groups excluding carboxylic acids is 2. The van der Waals surface area contributed by atoms with Gasteiger partial charge in [0.1, 0.15) is 17.3 Å². The predicted molar refractivity (Wildman–Crippen MR) is 109 cm³/mol. The van der Waals surface area contributed by atoms with Crippen molar-refractivity contribution in [3.63, 3.8) is 0 Å². The molecule has 1 saturated heterocycles. The maximum Gasteiger partial charge on any atom is 0.290 e. The second-order valence-corrected chi connectivity index (χ2v) is 8.61. The van der Waals surface area contributed by atoms with Gasteiger partial charge in [0.05, 0.1) is 5.92 Å². The number of hydrogen-bond donors (Lipinski definition) is 1. The molecule has 0 radical (unpaired) electrons. The van der Waals surface area contributed by atoms with E-state index in [4.69, 9.17) is 4.52 Å². The van der Waals surface area contributed by atoms with Gasteiger partial charge in [-0.25, -0.2) is 8.78 Å². The third-order valence-corrected chi connectivity index (χ3v) is 5.93. The highest BCUT2D eigenvalue weighted by atomic mass is 19.1. The SMILES string of the molecule is CN(C)C(=O)[C@@H]1CN(CC2CC2)CC[C@H]1NC(=O)c1cc(-c2ccc(F)cc2F)no1. The summed E-state index contributed by atoms with van der Waals surface area (Å²) in [6.45, 7) is 2.40. The van der Waals surface area contributed by atoms with E-state index in [-0.39, 0.29) is 34.9 Å². The molecule has 166 valence electrons. The lowest BCUT2D eigenvalue weighted by Crippen LogP contribution is -2.55. The van der Waals surface area contributed by atoms with Crippen molar-refractivity contribution in [3.05, 3.63) is 41.7 Å². The Labute approximate surface area is 179 Å². The summed E-state index contributed by atoms with van der Waals surface area (Å²) in [6.07, 6.45) is 3.13. The molecule has 0 bridgehead atoms. The first-order chi connectivity index (χ1) is 14.8. The first-order valence-corrected chi connectivity index (χ1v) is 10.5. The van der Waals surface area contributed by atoms with E-state index in [1.807, 2.05) is 0 Å². The second kappa shape index (κ2) is 8.74. The quantitative estimate of drug-likeness (QED) is 0.759. The summed E-state index contributed by atoms with van der Waals surface area (Å²) in [4.78, 5) is 29.4. The molecular weight excluding hydrogens is 406 g/mol. The molecule has 31 heavy (non-hydrogen) atoms. The lowest BCUT2D eigenvalue weighted by Gasteiger charge is -2.39. The van der Waals surface area contributed by atoms with Crippen LogP contribution in [0.25, 0.3) is 11.3 Å². The number of amides is 2. The van der Waals surface area contributed by atoms with Gasteiger partial charge in [0.25, 0.3) is 5.91 Å². The molecule has 2 fully saturated rings. The van der Waals surface area contributed by atoms with Crippen LogP contribution in [0.3, 0.4) is 0 Å². The van der Waals surface area contributed by atoms with Gasteiger partial charge in [-0.1, -0.05) is 5.16 Å². The van der Waals surface area contributed by atoms with Crippen molar-refractivity contribution in [1.29, 1.82) is 0 Å². The van der Waals surface area contributed by atoms with Crippen LogP contribution in [0.5, 0.6) is 0 Å². The number of aromatic nitrogens is 1. The zero-order chi connectivity index (χ0) is 22.1. The molecule has 1 aromatic carbocycles. The highest BCUT2D eigenvalue weighted by Gasteiger charge is 2.38. The zero-order valence-electron chi connectivity index (χ0n) is 17.6. The number of halogens is 2. The Morgan fingerprint density at radius 3 is 2.68 bits per heavy atom. The molecule has 7 nitrogen and oxygen atoms in total. The smallest absolute Gasteiger partial charge is 0.290 e. The number of piperidine rings is 1. The number of likely N-dealkylation sites (tertiary alicyclic amines) is 1. The van der Waals surface area contributed by atoms with E-state index in [1.54, 1.807) is 19.0 Å². The zero-order valence-corrected chi connectivity index (χ0v) is 17.6. The van der Waals surface area contributed by atoms with Crippen LogP contribution in [-0.2, 0) is 4.79 Å². The molecule has 2 aromatic rings. The monoisotopic (exact) mass is 432 g/mol. The van der Waals surface area contributed by atoms with Gasteiger partial charge in [-0.15, -0.1) is 0 Å². The Hall–Kier alpha value is -2.81. The lowest BCUT2D eigenvalue weighted by atomic mass is 9.90. The van der Waals surface area contributed by atoms with Crippen LogP contribution in [0.4, 0.5) is 8.78 Å². The van der Waals surface area contributed by atoms with E-state index in [1.165, 1.54) is 25.0 Å². The van der Waals surface area contributed by atoms with E-state index in [9.17, 15) is 18.4 Å². The summed E-state index contributed by atoms with van der Waals surface area (Å²) in [6, 6.07) is 4.08. The highest BCUT2D eigenvalue weighted by molar-refractivity contribution is 5.93. The molecule has 9 heteroatoms. The average Bonchev–Trinajstić information content (AvgIpc) is 3.40. The third kappa shape index (κ3) is 4.92. The van der Waals surface area contributed by atoms with Crippen LogP contribution in [0.2, 0.25) is 0 Å². The molecule has 1 N–H and O–H groups in total. The van der Waals surface area contributed by atoms with E-state index in [2.05, 4.69) is 15.4 Å². The van der Waals surface area contributed by atoms with E-state index < -0.39 is 17.5 Å². The first-order valence-electron chi connectivity index (χ1n) is 10.5. The Morgan fingerprint density at radius 1 is 1.23 bits per heavy atom. The van der Waals surface area contributed by atoms with Gasteiger partial charge in [0, 0.05) is 57.5 Å². The maximum absolute atomic E-state index is 14.0. The minimum absolute atomic E-state index is 0.0301. The molecule has 2 aliphatic rings. The molecule has 0 unspecified atom stereocenters. The van der Waals surface area contributed by atoms with Gasteiger partial charge in [0.15, 0.2) is 0 Å². The van der Waals surface area contributed by atoms with Crippen molar-refractivity contribution < 1.29 is 22.9 Å². The van der Waals surface area contributed by atoms with Crippen LogP contribution >= 0.6 is 0 Å². The maximum atomic E-state index is 14.0. The topological polar surface area (TPSA) is 78.7 Å². The normalized spacial score (nSPS) is 21.7. The van der Waals surface area contributed by atoms with Gasteiger partial charge in [-0.2, -0.15) is 0 Å². The molecule has 2 heterocycles. The summed E-state index contributed by atoms with van der Waals surface area (Å²) >= 11 is 0. The van der Waals surface area contributed by atoms with E-state index >= 15 is 0 Å². The molecule has 1 aliphatic heterocycles. The largest absolute Gasteiger partial charge is 0.350 e. The van der Waals surface area contributed by atoms with E-state index in [0.29, 0.717) is 13.0 Å². The summed E-state index contributed by atoms with van der Waals surface area (Å²) in [5.74, 6) is -1.76. The number of nitrogens with one attached hydrogen (secondary N) is 1. The molecule has 2 amide bonds. The van der Waals surface area contributed by atoms with Crippen LogP contribution in [-0.4, -0.2) is 66.5 Å². The van der Waals surface area contributed by atoms with Crippen molar-refractivity contribution >= 4 is 11.8 Å². The van der Waals surface area contributed by atoms with Crippen LogP contribution < -0.4 is 5.32 Å². The third-order valence-electron chi connectivity index (χ3n) is 5.93. The van der Waals surface area contributed by atoms with Crippen molar-refractivity contribution in [2.75, 3.05) is 33.7 Å². The number of benzene rings is 1. The summed E-state index contributed by atoms with van der Waals surface area (Å²) in [5, 5.41) is 6.64. The first kappa shape index (κ1) is 21.4. The van der Waals surface area contributed by atoms with Crippen molar-refractivity contribution in [1.82, 2.24) is 20.3 Å². The summed E-state index contributed by atoms with van der Waals surface area (Å²) in [5.41, 5.74) is 0.140. The van der Waals surface area contributed by atoms with Crippen LogP contribution in [0.1, 0.15) is 29.8 Å². The Balaban J connectivity index is 1.46. The second-order valence-electron chi connectivity index (χ2n) is 8.61. The number of hydrogen-bond acceptors (Lipinski definition) is 5. The predicted octanol–water partition coefficient (Wildman–Crippen LogP) is 2.54. The van der Waals surface area contributed by atoms with Crippen LogP contribution in [0, 0.1) is 23.5 Å². The fraction of sp³-hybridized carbons (Fsp3) is 0.500. The fourth-order valence-electron chi connectivity index (χ4n) is 4.05. The van der Waals surface area contributed by atoms with Gasteiger partial charge >= 0.3 is 0 Å². The van der Waals surface area contributed by atoms with Crippen molar-refractivity contribution in [2.45, 2.75) is 25.3 Å². The molecule has 4 rings (SSSR count). The number of rotatable bonds is 6. The Bertz CT molecular complexity index is 973. The van der Waals surface area contributed by atoms with Gasteiger partial charge < -0.3 is 19.6 Å². The van der Waals surface area contributed by atoms with Gasteiger partial charge in [0.2, 0.25) is 11.7 Å². The number of carbonyl (C=O) groups is 2. The van der Waals surface area contributed by atoms with Gasteiger partial charge in [-0.05, 0) is 37.3 Å². The summed E-state index contributed by atoms with van der Waals surface area (Å²) in [7, 11) is 3.42. The molecule has 0 spiro atoms. The van der Waals surface area contributed by atoms with Crippen molar-refractivity contribution in [3.8, 4) is 11.3 Å². The molecule has 1 saturated carbocycles. The highest BCUT2D eigenvalue weighted by Crippen LogP contribution is 2.31. The molecule has 2 atom stereocenters. The lowest BCUT2D eigenvalue weighted by molar-refractivity contribution is -0.135. The summed E-state index contributed by atoms with van der Waals surface area (Å²) < 4.78 is 32.2. The Kier molecular flexibility index (Phi) is 6.04. The minimum Gasteiger partial charge on any atom is -0.350 e. The standard InChI is InChI=1S/C22H26F2N4O3/c1-27(2)22(30)16-12-28(11-13-3-4-13)8-7-18(16)25-21(29)20-10-19(26-31-20)15-6-5-14(23)9-17(15)24/h5-6,9-10,13,16,18H,3-4,7-8,11-12H2,1-2H3,(H,25,29)/t16-,18-/m1/s1. The molecular formula is C22H26F2N4O3. The molecule has 1 aromatic heterocycles. The van der Waals surface area contributed by atoms with Crippen molar-refractivity contribution in [2.24, 2.45) is 11.8 Å². The molecule has 1 aliphatic carbocycles.